The lowest BCUT2D eigenvalue weighted by Gasteiger charge is -2.24. The van der Waals surface area contributed by atoms with Gasteiger partial charge in [-0.05, 0) is 50.3 Å². The molecule has 0 bridgehead atoms. The minimum atomic E-state index is 0.182. The molecule has 94 valence electrons. The Morgan fingerprint density at radius 1 is 1.41 bits per heavy atom. The summed E-state index contributed by atoms with van der Waals surface area (Å²) >= 11 is 2.03. The van der Waals surface area contributed by atoms with Gasteiger partial charge in [0.05, 0.1) is 6.10 Å². The lowest BCUT2D eigenvalue weighted by Crippen LogP contribution is -2.25. The van der Waals surface area contributed by atoms with Gasteiger partial charge in [0.25, 0.3) is 0 Å². The van der Waals surface area contributed by atoms with Crippen LogP contribution in [0, 0.1) is 0 Å². The van der Waals surface area contributed by atoms with Crippen LogP contribution in [0.5, 0.6) is 5.75 Å². The molecule has 1 aliphatic rings. The molecule has 1 fully saturated rings. The first-order valence-corrected chi connectivity index (χ1v) is 7.37. The van der Waals surface area contributed by atoms with Crippen LogP contribution >= 0.6 is 11.8 Å². The van der Waals surface area contributed by atoms with Crippen molar-refractivity contribution in [2.45, 2.75) is 38.8 Å². The van der Waals surface area contributed by atoms with Crippen molar-refractivity contribution in [1.82, 2.24) is 4.98 Å². The van der Waals surface area contributed by atoms with Gasteiger partial charge in [-0.15, -0.1) is 0 Å². The number of nitrogens with one attached hydrogen (secondary N) is 1. The Hall–Kier alpha value is -0.900. The highest BCUT2D eigenvalue weighted by Gasteiger charge is 2.16. The molecular formula is C13H20N2OS. The number of anilines is 1. The quantitative estimate of drug-likeness (QED) is 0.892. The van der Waals surface area contributed by atoms with Crippen LogP contribution in [0.3, 0.4) is 0 Å². The molecule has 0 atom stereocenters. The van der Waals surface area contributed by atoms with Gasteiger partial charge in [-0.3, -0.25) is 0 Å². The van der Waals surface area contributed by atoms with Gasteiger partial charge in [-0.2, -0.15) is 11.8 Å². The summed E-state index contributed by atoms with van der Waals surface area (Å²) in [6.07, 6.45) is 4.42. The summed E-state index contributed by atoms with van der Waals surface area (Å²) in [5, 5.41) is 3.51. The molecule has 0 aromatic carbocycles. The fourth-order valence-electron chi connectivity index (χ4n) is 1.88. The van der Waals surface area contributed by atoms with Crippen molar-refractivity contribution in [2.24, 2.45) is 0 Å². The van der Waals surface area contributed by atoms with E-state index in [2.05, 4.69) is 10.3 Å². The highest BCUT2D eigenvalue weighted by atomic mass is 32.2. The molecule has 0 saturated carbocycles. The van der Waals surface area contributed by atoms with E-state index in [1.807, 2.05) is 43.9 Å². The smallest absolute Gasteiger partial charge is 0.168 e. The maximum absolute atomic E-state index is 5.76. The van der Waals surface area contributed by atoms with E-state index in [1.54, 1.807) is 0 Å². The van der Waals surface area contributed by atoms with Crippen molar-refractivity contribution in [3.8, 4) is 5.75 Å². The van der Waals surface area contributed by atoms with Gasteiger partial charge in [-0.1, -0.05) is 0 Å². The summed E-state index contributed by atoms with van der Waals surface area (Å²) in [4.78, 5) is 4.38. The fraction of sp³-hybridized carbons (Fsp3) is 0.615. The predicted octanol–water partition coefficient (Wildman–Crippen LogP) is 3.18. The third-order valence-corrected chi connectivity index (χ3v) is 3.74. The Morgan fingerprint density at radius 2 is 2.18 bits per heavy atom. The van der Waals surface area contributed by atoms with E-state index < -0.39 is 0 Å². The predicted molar refractivity (Wildman–Crippen MR) is 74.0 cm³/mol. The first-order chi connectivity index (χ1) is 8.25. The monoisotopic (exact) mass is 252 g/mol. The average Bonchev–Trinajstić information content (AvgIpc) is 2.32. The Kier molecular flexibility index (Phi) is 4.54. The standard InChI is InChI=1S/C13H20N2OS/c1-10(2)16-12-4-3-7-14-13(12)15-11-5-8-17-9-6-11/h3-4,7,10-11H,5-6,8-9H2,1-2H3,(H,14,15). The van der Waals surface area contributed by atoms with Crippen LogP contribution in [0.4, 0.5) is 5.82 Å². The van der Waals surface area contributed by atoms with Crippen LogP contribution in [0.15, 0.2) is 18.3 Å². The summed E-state index contributed by atoms with van der Waals surface area (Å²) in [5.74, 6) is 4.23. The summed E-state index contributed by atoms with van der Waals surface area (Å²) in [5.41, 5.74) is 0. The minimum Gasteiger partial charge on any atom is -0.487 e. The Balaban J connectivity index is 2.03. The summed E-state index contributed by atoms with van der Waals surface area (Å²) in [7, 11) is 0. The lowest BCUT2D eigenvalue weighted by molar-refractivity contribution is 0.242. The minimum absolute atomic E-state index is 0.182. The molecule has 1 N–H and O–H groups in total. The third kappa shape index (κ3) is 3.80. The molecule has 0 spiro atoms. The highest BCUT2D eigenvalue weighted by molar-refractivity contribution is 7.99. The second-order valence-corrected chi connectivity index (χ2v) is 5.77. The van der Waals surface area contributed by atoms with Crippen LogP contribution in [-0.4, -0.2) is 28.6 Å². The van der Waals surface area contributed by atoms with Crippen LogP contribution in [0.25, 0.3) is 0 Å². The number of aromatic nitrogens is 1. The van der Waals surface area contributed by atoms with Crippen molar-refractivity contribution in [1.29, 1.82) is 0 Å². The normalized spacial score (nSPS) is 17.1. The molecule has 1 saturated heterocycles. The molecule has 0 radical (unpaired) electrons. The Labute approximate surface area is 107 Å². The van der Waals surface area contributed by atoms with Gasteiger partial charge in [0.1, 0.15) is 0 Å². The second-order valence-electron chi connectivity index (χ2n) is 4.55. The number of ether oxygens (including phenoxy) is 1. The van der Waals surface area contributed by atoms with E-state index in [9.17, 15) is 0 Å². The molecule has 1 aliphatic heterocycles. The largest absolute Gasteiger partial charge is 0.487 e. The molecule has 3 nitrogen and oxygen atoms in total. The van der Waals surface area contributed by atoms with E-state index in [0.717, 1.165) is 11.6 Å². The van der Waals surface area contributed by atoms with Crippen LogP contribution in [0.1, 0.15) is 26.7 Å². The van der Waals surface area contributed by atoms with E-state index in [0.29, 0.717) is 6.04 Å². The SMILES string of the molecule is CC(C)Oc1cccnc1NC1CCSCC1. The molecule has 0 aliphatic carbocycles. The topological polar surface area (TPSA) is 34.1 Å². The first-order valence-electron chi connectivity index (χ1n) is 6.21. The van der Waals surface area contributed by atoms with Crippen molar-refractivity contribution < 1.29 is 4.74 Å². The maximum atomic E-state index is 5.76. The second kappa shape index (κ2) is 6.15. The maximum Gasteiger partial charge on any atom is 0.168 e. The number of nitrogens with zero attached hydrogens (tertiary/aromatic N) is 1. The number of pyridine rings is 1. The van der Waals surface area contributed by atoms with Crippen LogP contribution in [-0.2, 0) is 0 Å². The molecule has 2 rings (SSSR count). The van der Waals surface area contributed by atoms with Gasteiger partial charge in [0, 0.05) is 12.2 Å². The molecule has 0 amide bonds. The van der Waals surface area contributed by atoms with Gasteiger partial charge in [0.2, 0.25) is 0 Å². The third-order valence-electron chi connectivity index (χ3n) is 2.70. The van der Waals surface area contributed by atoms with E-state index >= 15 is 0 Å². The van der Waals surface area contributed by atoms with Crippen molar-refractivity contribution in [3.63, 3.8) is 0 Å². The van der Waals surface area contributed by atoms with Gasteiger partial charge < -0.3 is 10.1 Å². The summed E-state index contributed by atoms with van der Waals surface area (Å²) in [6.45, 7) is 4.07. The first kappa shape index (κ1) is 12.6. The highest BCUT2D eigenvalue weighted by Crippen LogP contribution is 2.26. The van der Waals surface area contributed by atoms with Gasteiger partial charge >= 0.3 is 0 Å². The average molecular weight is 252 g/mol. The number of rotatable bonds is 4. The lowest BCUT2D eigenvalue weighted by atomic mass is 10.1. The number of hydrogen-bond acceptors (Lipinski definition) is 4. The molecule has 17 heavy (non-hydrogen) atoms. The van der Waals surface area contributed by atoms with Crippen molar-refractivity contribution in [3.05, 3.63) is 18.3 Å². The molecule has 0 unspecified atom stereocenters. The summed E-state index contributed by atoms with van der Waals surface area (Å²) in [6, 6.07) is 4.44. The van der Waals surface area contributed by atoms with Gasteiger partial charge in [0.15, 0.2) is 11.6 Å². The zero-order valence-electron chi connectivity index (χ0n) is 10.5. The summed E-state index contributed by atoms with van der Waals surface area (Å²) < 4.78 is 5.76. The van der Waals surface area contributed by atoms with E-state index in [1.165, 1.54) is 24.3 Å². The molecule has 1 aromatic rings. The van der Waals surface area contributed by atoms with E-state index in [4.69, 9.17) is 4.74 Å². The number of thioether (sulfide) groups is 1. The zero-order valence-corrected chi connectivity index (χ0v) is 11.3. The molecule has 4 heteroatoms. The number of hydrogen-bond donors (Lipinski definition) is 1. The van der Waals surface area contributed by atoms with Gasteiger partial charge in [-0.25, -0.2) is 4.98 Å². The Morgan fingerprint density at radius 3 is 2.88 bits per heavy atom. The fourth-order valence-corrected chi connectivity index (χ4v) is 2.99. The van der Waals surface area contributed by atoms with Crippen molar-refractivity contribution in [2.75, 3.05) is 16.8 Å². The van der Waals surface area contributed by atoms with Crippen molar-refractivity contribution >= 4 is 17.6 Å². The van der Waals surface area contributed by atoms with Crippen LogP contribution in [0.2, 0.25) is 0 Å². The molecule has 1 aromatic heterocycles. The van der Waals surface area contributed by atoms with Crippen LogP contribution < -0.4 is 10.1 Å². The Bertz CT molecular complexity index is 351. The zero-order chi connectivity index (χ0) is 12.1. The van der Waals surface area contributed by atoms with E-state index in [-0.39, 0.29) is 6.10 Å². The molecule has 2 heterocycles. The molecular weight excluding hydrogens is 232 g/mol.